The Bertz CT molecular complexity index is 1910. The van der Waals surface area contributed by atoms with Gasteiger partial charge in [0.2, 0.25) is 0 Å². The van der Waals surface area contributed by atoms with E-state index in [1.54, 1.807) is 0 Å². The van der Waals surface area contributed by atoms with Crippen molar-refractivity contribution in [3.63, 3.8) is 0 Å². The van der Waals surface area contributed by atoms with Gasteiger partial charge in [0.25, 0.3) is 0 Å². The maximum atomic E-state index is 13.2. The van der Waals surface area contributed by atoms with Crippen LogP contribution in [0, 0.1) is 23.7 Å². The Morgan fingerprint density at radius 1 is 0.714 bits per heavy atom. The fourth-order valence-electron chi connectivity index (χ4n) is 11.0. The lowest BCUT2D eigenvalue weighted by atomic mass is 9.53. The van der Waals surface area contributed by atoms with Crippen LogP contribution in [0.2, 0.25) is 0 Å². The van der Waals surface area contributed by atoms with Crippen LogP contribution in [0.5, 0.6) is 0 Å². The number of hydrogen-bond donors (Lipinski definition) is 3. The number of rotatable bonds is 11. The molecule has 4 saturated carbocycles. The third-order valence-corrected chi connectivity index (χ3v) is 13.6. The summed E-state index contributed by atoms with van der Waals surface area (Å²) in [5, 5.41) is 16.4. The number of hydrogen-bond acceptors (Lipinski definition) is 6. The summed E-state index contributed by atoms with van der Waals surface area (Å²) in [4.78, 5) is 18.3. The van der Waals surface area contributed by atoms with Gasteiger partial charge in [0.1, 0.15) is 0 Å². The average Bonchev–Trinajstić information content (AvgIpc) is 3.21. The molecular formula is C48H58N4O4. The maximum Gasteiger partial charge on any atom is 0.315 e. The largest absolute Gasteiger partial charge is 0.392 e. The van der Waals surface area contributed by atoms with Crippen molar-refractivity contribution in [2.75, 3.05) is 32.7 Å². The molecule has 2 amide bonds. The van der Waals surface area contributed by atoms with Gasteiger partial charge in [0.05, 0.1) is 18.8 Å². The molecule has 0 radical (unpaired) electrons. The zero-order valence-electron chi connectivity index (χ0n) is 32.8. The van der Waals surface area contributed by atoms with Crippen LogP contribution >= 0.6 is 0 Å². The van der Waals surface area contributed by atoms with Crippen LogP contribution in [0.4, 0.5) is 4.79 Å². The molecule has 4 aromatic carbocycles. The second kappa shape index (κ2) is 16.4. The summed E-state index contributed by atoms with van der Waals surface area (Å²) in [6, 6.07) is 35.9. The highest BCUT2D eigenvalue weighted by atomic mass is 16.7. The first kappa shape index (κ1) is 37.5. The minimum atomic E-state index is -0.531. The molecule has 6 aliphatic rings. The highest BCUT2D eigenvalue weighted by Crippen LogP contribution is 2.55. The zero-order chi connectivity index (χ0) is 38.1. The number of benzene rings is 4. The molecule has 6 fully saturated rings. The standard InChI is InChI=1S/C48H58N4O4/c1-33-44(31-52-19-17-51(18-20-52)30-34-7-3-2-4-8-34)55-46(56-45(33)40-15-13-35(32-53)14-16-40)43-12-6-11-42(25-43)41-10-5-9-36(24-41)29-49-47(54)50-48-26-37-21-38(27-48)23-39(22-37)28-48/h2-16,24-25,33,37-39,44-46,53H,17-23,26-32H2,1H3,(H2,49,50,54). The summed E-state index contributed by atoms with van der Waals surface area (Å²) in [6.07, 6.45) is 6.82. The number of urea groups is 1. The number of carbonyl (C=O) groups is 1. The zero-order valence-corrected chi connectivity index (χ0v) is 32.8. The number of aliphatic hydroxyl groups excluding tert-OH is 1. The van der Waals surface area contributed by atoms with Gasteiger partial charge in [0.15, 0.2) is 6.29 Å². The minimum Gasteiger partial charge on any atom is -0.392 e. The van der Waals surface area contributed by atoms with E-state index in [4.69, 9.17) is 9.47 Å². The van der Waals surface area contributed by atoms with E-state index in [2.05, 4.69) is 118 Å². The predicted molar refractivity (Wildman–Crippen MR) is 219 cm³/mol. The van der Waals surface area contributed by atoms with Gasteiger partial charge in [-0.15, -0.1) is 0 Å². The van der Waals surface area contributed by atoms with E-state index in [9.17, 15) is 9.90 Å². The number of nitrogens with one attached hydrogen (secondary N) is 2. The quantitative estimate of drug-likeness (QED) is 0.143. The molecule has 4 aliphatic carbocycles. The molecule has 8 nitrogen and oxygen atoms in total. The number of piperazine rings is 1. The fourth-order valence-corrected chi connectivity index (χ4v) is 11.0. The monoisotopic (exact) mass is 754 g/mol. The van der Waals surface area contributed by atoms with Gasteiger partial charge < -0.3 is 25.2 Å². The van der Waals surface area contributed by atoms with Crippen molar-refractivity contribution >= 4 is 6.03 Å². The van der Waals surface area contributed by atoms with Crippen LogP contribution < -0.4 is 10.6 Å². The number of nitrogens with zero attached hydrogens (tertiary/aromatic N) is 2. The molecule has 4 atom stereocenters. The van der Waals surface area contributed by atoms with E-state index in [1.165, 1.54) is 24.8 Å². The van der Waals surface area contributed by atoms with E-state index in [0.29, 0.717) is 6.54 Å². The molecule has 8 heteroatoms. The molecule has 2 aliphatic heterocycles. The molecule has 2 heterocycles. The predicted octanol–water partition coefficient (Wildman–Crippen LogP) is 8.22. The minimum absolute atomic E-state index is 0.000572. The van der Waals surface area contributed by atoms with Gasteiger partial charge in [-0.2, -0.15) is 0 Å². The summed E-state index contributed by atoms with van der Waals surface area (Å²) < 4.78 is 13.8. The summed E-state index contributed by atoms with van der Waals surface area (Å²) in [5.41, 5.74) is 7.60. The molecule has 4 unspecified atom stereocenters. The van der Waals surface area contributed by atoms with Gasteiger partial charge in [-0.3, -0.25) is 9.80 Å². The van der Waals surface area contributed by atoms with Crippen molar-refractivity contribution in [3.8, 4) is 11.1 Å². The van der Waals surface area contributed by atoms with Crippen LogP contribution in [0.15, 0.2) is 103 Å². The third-order valence-electron chi connectivity index (χ3n) is 13.6. The summed E-state index contributed by atoms with van der Waals surface area (Å²) in [5.74, 6) is 2.51. The maximum absolute atomic E-state index is 13.2. The molecule has 0 spiro atoms. The second-order valence-electron chi connectivity index (χ2n) is 17.7. The lowest BCUT2D eigenvalue weighted by Gasteiger charge is -2.56. The van der Waals surface area contributed by atoms with Crippen LogP contribution in [0.25, 0.3) is 11.1 Å². The Balaban J connectivity index is 0.874. The lowest BCUT2D eigenvalue weighted by Crippen LogP contribution is -2.61. The number of aliphatic hydroxyl groups is 1. The number of carbonyl (C=O) groups excluding carboxylic acids is 1. The van der Waals surface area contributed by atoms with Crippen molar-refractivity contribution < 1.29 is 19.4 Å². The van der Waals surface area contributed by atoms with Crippen molar-refractivity contribution in [2.45, 2.75) is 89.2 Å². The summed E-state index contributed by atoms with van der Waals surface area (Å²) in [6.45, 7) is 8.66. The summed E-state index contributed by atoms with van der Waals surface area (Å²) in [7, 11) is 0. The smallest absolute Gasteiger partial charge is 0.315 e. The molecule has 294 valence electrons. The Kier molecular flexibility index (Phi) is 11.0. The van der Waals surface area contributed by atoms with E-state index >= 15 is 0 Å². The van der Waals surface area contributed by atoms with Gasteiger partial charge in [-0.05, 0) is 102 Å². The molecular weight excluding hydrogens is 697 g/mol. The molecule has 2 saturated heterocycles. The number of ether oxygens (including phenoxy) is 2. The van der Waals surface area contributed by atoms with Gasteiger partial charge in [0, 0.05) is 62.8 Å². The number of amides is 2. The lowest BCUT2D eigenvalue weighted by molar-refractivity contribution is -0.276. The van der Waals surface area contributed by atoms with Crippen molar-refractivity contribution in [1.82, 2.24) is 20.4 Å². The second-order valence-corrected chi connectivity index (χ2v) is 17.7. The molecule has 10 rings (SSSR count). The average molecular weight is 755 g/mol. The van der Waals surface area contributed by atoms with Crippen LogP contribution in [-0.4, -0.2) is 65.3 Å². The topological polar surface area (TPSA) is 86.3 Å². The van der Waals surface area contributed by atoms with Crippen LogP contribution in [-0.2, 0) is 29.2 Å². The van der Waals surface area contributed by atoms with Gasteiger partial charge in [-0.1, -0.05) is 97.9 Å². The highest BCUT2D eigenvalue weighted by Gasteiger charge is 2.51. The molecule has 4 aromatic rings. The van der Waals surface area contributed by atoms with Gasteiger partial charge >= 0.3 is 6.03 Å². The SMILES string of the molecule is CC1C(CN2CCN(Cc3ccccc3)CC2)OC(c2cccc(-c3cccc(CNC(=O)NC45CC6CC(CC(C6)C4)C5)c3)c2)OC1c1ccc(CO)cc1. The molecule has 3 N–H and O–H groups in total. The highest BCUT2D eigenvalue weighted by molar-refractivity contribution is 5.75. The fraction of sp³-hybridized carbons (Fsp3) is 0.479. The van der Waals surface area contributed by atoms with E-state index in [0.717, 1.165) is 110 Å². The molecule has 0 aromatic heterocycles. The Morgan fingerprint density at radius 2 is 1.36 bits per heavy atom. The van der Waals surface area contributed by atoms with Crippen molar-refractivity contribution in [3.05, 3.63) is 131 Å². The molecule has 56 heavy (non-hydrogen) atoms. The first-order valence-corrected chi connectivity index (χ1v) is 21.1. The Labute approximate surface area is 332 Å². The Hall–Kier alpha value is -4.05. The van der Waals surface area contributed by atoms with Crippen molar-refractivity contribution in [2.24, 2.45) is 23.7 Å². The van der Waals surface area contributed by atoms with Crippen LogP contribution in [0.3, 0.4) is 0 Å². The normalized spacial score (nSPS) is 30.3. The first-order chi connectivity index (χ1) is 27.4. The summed E-state index contributed by atoms with van der Waals surface area (Å²) >= 11 is 0. The molecule has 4 bridgehead atoms. The third kappa shape index (κ3) is 8.46. The van der Waals surface area contributed by atoms with E-state index in [1.807, 2.05) is 12.1 Å². The van der Waals surface area contributed by atoms with E-state index in [-0.39, 0.29) is 36.3 Å². The van der Waals surface area contributed by atoms with Crippen LogP contribution in [0.1, 0.15) is 85.7 Å². The first-order valence-electron chi connectivity index (χ1n) is 21.1. The Morgan fingerprint density at radius 3 is 2.05 bits per heavy atom. The van der Waals surface area contributed by atoms with Crippen molar-refractivity contribution in [1.29, 1.82) is 0 Å². The van der Waals surface area contributed by atoms with E-state index < -0.39 is 6.29 Å². The van der Waals surface area contributed by atoms with Gasteiger partial charge in [-0.25, -0.2) is 4.79 Å².